The number of aromatic nitrogens is 2. The van der Waals surface area contributed by atoms with Crippen LogP contribution in [0, 0.1) is 11.3 Å². The predicted molar refractivity (Wildman–Crippen MR) is 57.6 cm³/mol. The van der Waals surface area contributed by atoms with Crippen LogP contribution < -0.4 is 5.73 Å². The van der Waals surface area contributed by atoms with Crippen LogP contribution in [-0.4, -0.2) is 9.55 Å². The second-order valence-corrected chi connectivity index (χ2v) is 3.35. The minimum absolute atomic E-state index is 0.0525. The molecule has 86 valence electrons. The van der Waals surface area contributed by atoms with Gasteiger partial charge in [-0.15, -0.1) is 0 Å². The van der Waals surface area contributed by atoms with Crippen LogP contribution in [0.15, 0.2) is 30.6 Å². The van der Waals surface area contributed by atoms with Crippen LogP contribution in [0.5, 0.6) is 0 Å². The fraction of sp³-hybridized carbons (Fsp3) is 0.0909. The van der Waals surface area contributed by atoms with Gasteiger partial charge in [-0.25, -0.2) is 13.8 Å². The van der Waals surface area contributed by atoms with E-state index < -0.39 is 6.43 Å². The van der Waals surface area contributed by atoms with Gasteiger partial charge in [0.15, 0.2) is 0 Å². The Balaban J connectivity index is 2.64. The highest BCUT2D eigenvalue weighted by Crippen LogP contribution is 2.28. The average molecular weight is 234 g/mol. The van der Waals surface area contributed by atoms with E-state index in [2.05, 4.69) is 4.98 Å². The maximum Gasteiger partial charge on any atom is 0.265 e. The number of nitrogens with two attached hydrogens (primary N) is 1. The number of benzene rings is 1. The van der Waals surface area contributed by atoms with E-state index in [9.17, 15) is 8.78 Å². The summed E-state index contributed by atoms with van der Waals surface area (Å²) >= 11 is 0. The Labute approximate surface area is 95.9 Å². The summed E-state index contributed by atoms with van der Waals surface area (Å²) in [6, 6.07) is 5.97. The molecule has 0 spiro atoms. The van der Waals surface area contributed by atoms with E-state index in [4.69, 9.17) is 11.0 Å². The molecule has 0 saturated heterocycles. The lowest BCUT2D eigenvalue weighted by Crippen LogP contribution is -2.03. The minimum atomic E-state index is -2.66. The zero-order chi connectivity index (χ0) is 12.4. The maximum absolute atomic E-state index is 12.9. The van der Waals surface area contributed by atoms with Gasteiger partial charge in [-0.3, -0.25) is 4.57 Å². The first-order chi connectivity index (χ1) is 8.13. The van der Waals surface area contributed by atoms with Crippen LogP contribution in [0.2, 0.25) is 0 Å². The lowest BCUT2D eigenvalue weighted by molar-refractivity contribution is 0.151. The molecular weight excluding hydrogens is 226 g/mol. The van der Waals surface area contributed by atoms with Crippen molar-refractivity contribution in [3.63, 3.8) is 0 Å². The molecule has 0 aliphatic rings. The first-order valence-electron chi connectivity index (χ1n) is 4.75. The number of hydrogen-bond donors (Lipinski definition) is 1. The number of nitriles is 1. The summed E-state index contributed by atoms with van der Waals surface area (Å²) in [5.41, 5.74) is 5.71. The highest BCUT2D eigenvalue weighted by Gasteiger charge is 2.16. The molecule has 2 aromatic rings. The van der Waals surface area contributed by atoms with Crippen molar-refractivity contribution in [2.45, 2.75) is 6.43 Å². The summed E-state index contributed by atoms with van der Waals surface area (Å²) < 4.78 is 27.0. The van der Waals surface area contributed by atoms with Gasteiger partial charge < -0.3 is 5.73 Å². The van der Waals surface area contributed by atoms with Gasteiger partial charge in [0.25, 0.3) is 6.43 Å². The molecule has 0 fully saturated rings. The van der Waals surface area contributed by atoms with Crippen molar-refractivity contribution < 1.29 is 8.78 Å². The Morgan fingerprint density at radius 3 is 2.82 bits per heavy atom. The Bertz CT molecular complexity index is 583. The third-order valence-electron chi connectivity index (χ3n) is 2.29. The van der Waals surface area contributed by atoms with E-state index in [1.54, 1.807) is 0 Å². The molecule has 17 heavy (non-hydrogen) atoms. The smallest absolute Gasteiger partial charge is 0.265 e. The molecule has 0 aliphatic carbocycles. The summed E-state index contributed by atoms with van der Waals surface area (Å²) in [5.74, 6) is 0.0525. The maximum atomic E-state index is 12.9. The number of halogens is 2. The topological polar surface area (TPSA) is 67.6 Å². The third-order valence-corrected chi connectivity index (χ3v) is 2.29. The highest BCUT2D eigenvalue weighted by molar-refractivity contribution is 5.53. The number of hydrogen-bond acceptors (Lipinski definition) is 3. The van der Waals surface area contributed by atoms with Crippen molar-refractivity contribution >= 4 is 5.69 Å². The zero-order valence-corrected chi connectivity index (χ0v) is 8.64. The van der Waals surface area contributed by atoms with Gasteiger partial charge in [0.1, 0.15) is 6.07 Å². The fourth-order valence-electron chi connectivity index (χ4n) is 1.55. The molecule has 0 saturated carbocycles. The summed E-state index contributed by atoms with van der Waals surface area (Å²) in [5, 5.41) is 8.81. The molecule has 4 nitrogen and oxygen atoms in total. The largest absolute Gasteiger partial charge is 0.399 e. The minimum Gasteiger partial charge on any atom is -0.399 e. The van der Waals surface area contributed by atoms with Crippen molar-refractivity contribution in [3.8, 4) is 11.8 Å². The van der Waals surface area contributed by atoms with E-state index in [1.165, 1.54) is 35.2 Å². The van der Waals surface area contributed by atoms with Crippen molar-refractivity contribution in [2.24, 2.45) is 0 Å². The van der Waals surface area contributed by atoms with Gasteiger partial charge >= 0.3 is 0 Å². The van der Waals surface area contributed by atoms with Crippen molar-refractivity contribution in [1.82, 2.24) is 9.55 Å². The quantitative estimate of drug-likeness (QED) is 0.810. The summed E-state index contributed by atoms with van der Waals surface area (Å²) in [4.78, 5) is 3.76. The van der Waals surface area contributed by atoms with Gasteiger partial charge in [-0.05, 0) is 18.2 Å². The molecule has 0 radical (unpaired) electrons. The van der Waals surface area contributed by atoms with Crippen LogP contribution in [0.3, 0.4) is 0 Å². The summed E-state index contributed by atoms with van der Waals surface area (Å²) in [6.45, 7) is 0. The Kier molecular flexibility index (Phi) is 2.75. The molecule has 0 atom stereocenters. The van der Waals surface area contributed by atoms with Crippen LogP contribution >= 0.6 is 0 Å². The Morgan fingerprint density at radius 1 is 1.41 bits per heavy atom. The number of nitrogens with zero attached hydrogens (tertiary/aromatic N) is 3. The van der Waals surface area contributed by atoms with Crippen LogP contribution in [0.1, 0.15) is 17.8 Å². The molecule has 0 aliphatic heterocycles. The first kappa shape index (κ1) is 11.1. The van der Waals surface area contributed by atoms with Gasteiger partial charge in [0, 0.05) is 23.6 Å². The summed E-state index contributed by atoms with van der Waals surface area (Å²) in [7, 11) is 0. The molecule has 0 unspecified atom stereocenters. The normalized spacial score (nSPS) is 10.5. The zero-order valence-electron chi connectivity index (χ0n) is 8.64. The number of rotatable bonds is 2. The number of nitrogen functional groups attached to an aromatic ring is 1. The average Bonchev–Trinajstić information content (AvgIpc) is 2.76. The van der Waals surface area contributed by atoms with Crippen molar-refractivity contribution in [2.75, 3.05) is 5.73 Å². The van der Waals surface area contributed by atoms with E-state index in [0.29, 0.717) is 0 Å². The molecule has 2 N–H and O–H groups in total. The molecule has 1 aromatic carbocycles. The number of anilines is 1. The number of alkyl halides is 2. The second kappa shape index (κ2) is 4.22. The van der Waals surface area contributed by atoms with Crippen LogP contribution in [0.25, 0.3) is 5.69 Å². The van der Waals surface area contributed by atoms with Gasteiger partial charge in [-0.2, -0.15) is 5.26 Å². The molecule has 6 heteroatoms. The van der Waals surface area contributed by atoms with E-state index in [1.807, 2.05) is 6.07 Å². The van der Waals surface area contributed by atoms with E-state index >= 15 is 0 Å². The van der Waals surface area contributed by atoms with Gasteiger partial charge in [-0.1, -0.05) is 0 Å². The second-order valence-electron chi connectivity index (χ2n) is 3.35. The SMILES string of the molecule is N#Cc1nccn1-c1ccc(N)cc1C(F)F. The van der Waals surface area contributed by atoms with E-state index in [-0.39, 0.29) is 22.8 Å². The van der Waals surface area contributed by atoms with Crippen molar-refractivity contribution in [3.05, 3.63) is 42.0 Å². The standard InChI is InChI=1S/C11H8F2N4/c12-11(13)8-5-7(15)1-2-9(8)17-4-3-16-10(17)6-14/h1-5,11H,15H2. The first-order valence-corrected chi connectivity index (χ1v) is 4.75. The molecule has 0 bridgehead atoms. The lowest BCUT2D eigenvalue weighted by Gasteiger charge is -2.11. The van der Waals surface area contributed by atoms with Gasteiger partial charge in [0.05, 0.1) is 5.69 Å². The van der Waals surface area contributed by atoms with Gasteiger partial charge in [0.2, 0.25) is 5.82 Å². The van der Waals surface area contributed by atoms with Crippen molar-refractivity contribution in [1.29, 1.82) is 5.26 Å². The fourth-order valence-corrected chi connectivity index (χ4v) is 1.55. The Hall–Kier alpha value is -2.42. The predicted octanol–water partition coefficient (Wildman–Crippen LogP) is 2.26. The van der Waals surface area contributed by atoms with Crippen LogP contribution in [-0.2, 0) is 0 Å². The van der Waals surface area contributed by atoms with E-state index in [0.717, 1.165) is 0 Å². The number of imidazole rings is 1. The monoisotopic (exact) mass is 234 g/mol. The molecule has 1 aromatic heterocycles. The third kappa shape index (κ3) is 1.95. The molecule has 1 heterocycles. The molecule has 0 amide bonds. The lowest BCUT2D eigenvalue weighted by atomic mass is 10.1. The highest BCUT2D eigenvalue weighted by atomic mass is 19.3. The Morgan fingerprint density at radius 2 is 2.18 bits per heavy atom. The summed E-state index contributed by atoms with van der Waals surface area (Å²) in [6.07, 6.45) is 0.169. The molecule has 2 rings (SSSR count). The molecular formula is C11H8F2N4. The van der Waals surface area contributed by atoms with Crippen LogP contribution in [0.4, 0.5) is 14.5 Å².